The second-order valence-electron chi connectivity index (χ2n) is 4.02. The van der Waals surface area contributed by atoms with Crippen molar-refractivity contribution in [3.05, 3.63) is 35.4 Å². The highest BCUT2D eigenvalue weighted by atomic mass is 16.6. The lowest BCUT2D eigenvalue weighted by atomic mass is 10.00. The fourth-order valence-electron chi connectivity index (χ4n) is 1.76. The Morgan fingerprint density at radius 3 is 2.71 bits per heavy atom. The molecule has 0 radical (unpaired) electrons. The van der Waals surface area contributed by atoms with Crippen molar-refractivity contribution in [2.75, 3.05) is 6.61 Å². The van der Waals surface area contributed by atoms with Crippen LogP contribution in [0.3, 0.4) is 0 Å². The van der Waals surface area contributed by atoms with Gasteiger partial charge in [0.15, 0.2) is 0 Å². The lowest BCUT2D eigenvalue weighted by Gasteiger charge is -2.06. The maximum Gasteiger partial charge on any atom is 0.260 e. The quantitative estimate of drug-likeness (QED) is 0.492. The topological polar surface area (TPSA) is 69.4 Å². The van der Waals surface area contributed by atoms with Gasteiger partial charge >= 0.3 is 0 Å². The van der Waals surface area contributed by atoms with Crippen molar-refractivity contribution in [2.24, 2.45) is 0 Å². The molecule has 0 aromatic heterocycles. The van der Waals surface area contributed by atoms with E-state index in [1.807, 2.05) is 37.3 Å². The molecule has 0 spiro atoms. The second kappa shape index (κ2) is 4.19. The minimum atomic E-state index is -1.22. The van der Waals surface area contributed by atoms with E-state index < -0.39 is 5.60 Å². The van der Waals surface area contributed by atoms with Crippen molar-refractivity contribution >= 4 is 5.90 Å². The molecule has 0 bridgehead atoms. The lowest BCUT2D eigenvalue weighted by Crippen LogP contribution is -2.25. The predicted octanol–water partition coefficient (Wildman–Crippen LogP) is 2.34. The lowest BCUT2D eigenvalue weighted by molar-refractivity contribution is 0.279. The van der Waals surface area contributed by atoms with Crippen LogP contribution in [0.1, 0.15) is 24.2 Å². The van der Waals surface area contributed by atoms with Gasteiger partial charge in [0.25, 0.3) is 5.60 Å². The van der Waals surface area contributed by atoms with Gasteiger partial charge in [-0.05, 0) is 19.4 Å². The Morgan fingerprint density at radius 1 is 1.53 bits per heavy atom. The van der Waals surface area contributed by atoms with E-state index in [2.05, 4.69) is 0 Å². The summed E-state index contributed by atoms with van der Waals surface area (Å²) in [6.45, 7) is 4.15. The van der Waals surface area contributed by atoms with Crippen molar-refractivity contribution < 1.29 is 9.47 Å². The van der Waals surface area contributed by atoms with Crippen LogP contribution in [0.15, 0.2) is 24.3 Å². The van der Waals surface area contributed by atoms with Gasteiger partial charge in [-0.1, -0.05) is 29.8 Å². The Labute approximate surface area is 100 Å². The summed E-state index contributed by atoms with van der Waals surface area (Å²) >= 11 is 0. The first-order valence-electron chi connectivity index (χ1n) is 5.51. The highest BCUT2D eigenvalue weighted by Gasteiger charge is 2.63. The van der Waals surface area contributed by atoms with E-state index in [9.17, 15) is 0 Å². The Bertz CT molecular complexity index is 475. The number of hydrogen-bond donors (Lipinski definition) is 1. The first-order chi connectivity index (χ1) is 8.14. The fraction of sp³-hybridized carbons (Fsp3) is 0.385. The number of rotatable bonds is 3. The van der Waals surface area contributed by atoms with Gasteiger partial charge < -0.3 is 9.47 Å². The van der Waals surface area contributed by atoms with E-state index in [4.69, 9.17) is 20.1 Å². The number of benzene rings is 1. The Balaban J connectivity index is 2.19. The van der Waals surface area contributed by atoms with Crippen LogP contribution in [-0.2, 0) is 9.47 Å². The molecule has 1 N–H and O–H groups in total. The molecule has 2 atom stereocenters. The maximum absolute atomic E-state index is 9.14. The molecule has 1 heterocycles. The number of nitriles is 1. The monoisotopic (exact) mass is 230 g/mol. The van der Waals surface area contributed by atoms with Gasteiger partial charge in [0.2, 0.25) is 5.90 Å². The standard InChI is InChI=1S/C13H14N2O2/c1-3-16-12(15)13(8-14)11(17-13)10-6-4-9(2)5-7-10/h4-7,11,15H,3H2,1-2H3/t11-,13-/m1/s1. The smallest absolute Gasteiger partial charge is 0.260 e. The van der Waals surface area contributed by atoms with Crippen LogP contribution in [0.5, 0.6) is 0 Å². The number of aryl methyl sites for hydroxylation is 1. The molecule has 1 aromatic carbocycles. The summed E-state index contributed by atoms with van der Waals surface area (Å²) in [6, 6.07) is 9.78. The molecule has 1 aromatic rings. The molecule has 1 aliphatic heterocycles. The predicted molar refractivity (Wildman–Crippen MR) is 62.7 cm³/mol. The largest absolute Gasteiger partial charge is 0.478 e. The van der Waals surface area contributed by atoms with Crippen LogP contribution < -0.4 is 0 Å². The molecule has 17 heavy (non-hydrogen) atoms. The van der Waals surface area contributed by atoms with Crippen molar-refractivity contribution in [2.45, 2.75) is 25.6 Å². The zero-order chi connectivity index (χ0) is 12.5. The number of hydrogen-bond acceptors (Lipinski definition) is 4. The molecule has 4 nitrogen and oxygen atoms in total. The first-order valence-corrected chi connectivity index (χ1v) is 5.51. The number of nitrogens with zero attached hydrogens (tertiary/aromatic N) is 1. The van der Waals surface area contributed by atoms with Crippen molar-refractivity contribution in [1.82, 2.24) is 0 Å². The average Bonchev–Trinajstić information content (AvgIpc) is 3.06. The Morgan fingerprint density at radius 2 is 2.18 bits per heavy atom. The van der Waals surface area contributed by atoms with Gasteiger partial charge in [0.05, 0.1) is 6.61 Å². The summed E-state index contributed by atoms with van der Waals surface area (Å²) < 4.78 is 10.5. The van der Waals surface area contributed by atoms with E-state index >= 15 is 0 Å². The van der Waals surface area contributed by atoms with Crippen LogP contribution in [0, 0.1) is 23.7 Å². The van der Waals surface area contributed by atoms with E-state index in [-0.39, 0.29) is 12.0 Å². The van der Waals surface area contributed by atoms with Crippen molar-refractivity contribution in [1.29, 1.82) is 10.7 Å². The van der Waals surface area contributed by atoms with Crippen LogP contribution in [0.4, 0.5) is 0 Å². The summed E-state index contributed by atoms with van der Waals surface area (Å²) in [5.74, 6) is -0.104. The molecular formula is C13H14N2O2. The Hall–Kier alpha value is -1.86. The molecule has 0 amide bonds. The molecule has 0 unspecified atom stereocenters. The third-order valence-electron chi connectivity index (χ3n) is 2.79. The summed E-state index contributed by atoms with van der Waals surface area (Å²) in [5, 5.41) is 16.9. The zero-order valence-corrected chi connectivity index (χ0v) is 9.86. The molecule has 0 aliphatic carbocycles. The second-order valence-corrected chi connectivity index (χ2v) is 4.02. The molecule has 4 heteroatoms. The van der Waals surface area contributed by atoms with E-state index in [0.717, 1.165) is 11.1 Å². The molecular weight excluding hydrogens is 216 g/mol. The van der Waals surface area contributed by atoms with Crippen molar-refractivity contribution in [3.63, 3.8) is 0 Å². The fourth-order valence-corrected chi connectivity index (χ4v) is 1.76. The number of epoxide rings is 1. The van der Waals surface area contributed by atoms with Crippen LogP contribution in [0.2, 0.25) is 0 Å². The summed E-state index contributed by atoms with van der Waals surface area (Å²) in [4.78, 5) is 0. The third-order valence-corrected chi connectivity index (χ3v) is 2.79. The average molecular weight is 230 g/mol. The highest BCUT2D eigenvalue weighted by Crippen LogP contribution is 2.50. The van der Waals surface area contributed by atoms with Crippen LogP contribution >= 0.6 is 0 Å². The SMILES string of the molecule is CCOC(=N)[C@]1(C#N)O[C@@H]1c1ccc(C)cc1. The minimum absolute atomic E-state index is 0.104. The van der Waals surface area contributed by atoms with E-state index in [1.165, 1.54) is 0 Å². The minimum Gasteiger partial charge on any atom is -0.478 e. The summed E-state index contributed by atoms with van der Waals surface area (Å²) in [6.07, 6.45) is -0.382. The Kier molecular flexibility index (Phi) is 2.86. The van der Waals surface area contributed by atoms with Gasteiger partial charge in [0.1, 0.15) is 12.2 Å². The normalized spacial score (nSPS) is 26.1. The summed E-state index contributed by atoms with van der Waals surface area (Å²) in [5.41, 5.74) is 0.837. The third kappa shape index (κ3) is 1.90. The van der Waals surface area contributed by atoms with E-state index in [1.54, 1.807) is 6.92 Å². The molecule has 1 saturated heterocycles. The highest BCUT2D eigenvalue weighted by molar-refractivity contribution is 5.89. The van der Waals surface area contributed by atoms with Gasteiger partial charge in [-0.3, -0.25) is 5.41 Å². The van der Waals surface area contributed by atoms with Gasteiger partial charge in [-0.15, -0.1) is 0 Å². The number of nitrogens with one attached hydrogen (secondary N) is 1. The molecule has 2 rings (SSSR count). The van der Waals surface area contributed by atoms with Gasteiger partial charge in [-0.2, -0.15) is 5.26 Å². The summed E-state index contributed by atoms with van der Waals surface area (Å²) in [7, 11) is 0. The van der Waals surface area contributed by atoms with Crippen LogP contribution in [-0.4, -0.2) is 18.1 Å². The van der Waals surface area contributed by atoms with Gasteiger partial charge in [-0.25, -0.2) is 0 Å². The number of ether oxygens (including phenoxy) is 2. The molecule has 1 aliphatic rings. The van der Waals surface area contributed by atoms with Crippen LogP contribution in [0.25, 0.3) is 0 Å². The van der Waals surface area contributed by atoms with Gasteiger partial charge in [0, 0.05) is 0 Å². The van der Waals surface area contributed by atoms with Crippen molar-refractivity contribution in [3.8, 4) is 6.07 Å². The molecule has 88 valence electrons. The molecule has 1 fully saturated rings. The van der Waals surface area contributed by atoms with E-state index in [0.29, 0.717) is 6.61 Å². The first kappa shape index (κ1) is 11.6. The zero-order valence-electron chi connectivity index (χ0n) is 9.86. The maximum atomic E-state index is 9.14. The molecule has 0 saturated carbocycles.